The van der Waals surface area contributed by atoms with Crippen molar-refractivity contribution in [1.82, 2.24) is 10.2 Å². The summed E-state index contributed by atoms with van der Waals surface area (Å²) in [5.41, 5.74) is 4.43. The first-order chi connectivity index (χ1) is 27.4. The van der Waals surface area contributed by atoms with E-state index in [0.717, 1.165) is 54.1 Å². The predicted molar refractivity (Wildman–Crippen MR) is 215 cm³/mol. The van der Waals surface area contributed by atoms with Gasteiger partial charge < -0.3 is 45.1 Å². The van der Waals surface area contributed by atoms with Crippen LogP contribution in [0.3, 0.4) is 0 Å². The fourth-order valence-electron chi connectivity index (χ4n) is 7.97. The number of anilines is 3. The Balaban J connectivity index is 0.926. The summed E-state index contributed by atoms with van der Waals surface area (Å²) in [6.07, 6.45) is 0.364. The van der Waals surface area contributed by atoms with Crippen LogP contribution in [0.15, 0.2) is 133 Å². The summed E-state index contributed by atoms with van der Waals surface area (Å²) in [7, 11) is 0. The average Bonchev–Trinajstić information content (AvgIpc) is 3.55. The lowest BCUT2D eigenvalue weighted by atomic mass is 9.84. The molecule has 56 heavy (non-hydrogen) atoms. The first kappa shape index (κ1) is 37.2. The Kier molecular flexibility index (Phi) is 11.0. The Morgan fingerprint density at radius 3 is 2.02 bits per heavy atom. The van der Waals surface area contributed by atoms with Crippen LogP contribution in [0.25, 0.3) is 0 Å². The molecule has 3 amide bonds. The summed E-state index contributed by atoms with van der Waals surface area (Å²) < 4.78 is 19.3. The number of aliphatic hydroxyl groups excluding tert-OH is 1. The highest BCUT2D eigenvalue weighted by molar-refractivity contribution is 5.99. The zero-order chi connectivity index (χ0) is 38.5. The first-order valence-corrected chi connectivity index (χ1v) is 19.2. The summed E-state index contributed by atoms with van der Waals surface area (Å²) in [4.78, 5) is 30.8. The Morgan fingerprint density at radius 2 is 1.38 bits per heavy atom. The van der Waals surface area contributed by atoms with Crippen LogP contribution in [0.5, 0.6) is 11.5 Å². The van der Waals surface area contributed by atoms with Gasteiger partial charge in [0.1, 0.15) is 17.0 Å². The number of carbonyl (C=O) groups excluding carboxylic acids is 2. The van der Waals surface area contributed by atoms with E-state index in [1.165, 1.54) is 0 Å². The molecule has 0 aromatic heterocycles. The van der Waals surface area contributed by atoms with Crippen molar-refractivity contribution in [2.45, 2.75) is 50.4 Å². The minimum Gasteiger partial charge on any atom is -0.457 e. The molecular weight excluding hydrogens is 707 g/mol. The van der Waals surface area contributed by atoms with Crippen molar-refractivity contribution in [1.29, 1.82) is 0 Å². The standard InChI is InChI=1S/C45H47N5O6/c1-31-40(28-49-26-24-45(25-27-49)43(52)46-30-50(45)37-8-4-2-5-9-37)55-42(56-41(31)33-14-12-32(29-51)13-15-33)34-16-18-35(19-17-34)47-44(53)48-36-20-22-39(23-21-36)54-38-10-6-3-7-11-38/h2-23,31,40-42,51H,24-30H2,1H3,(H,46,52)(H2,47,48,53). The molecule has 3 aliphatic rings. The number of amides is 3. The lowest BCUT2D eigenvalue weighted by Gasteiger charge is -2.46. The molecule has 8 rings (SSSR count). The number of ether oxygens (including phenoxy) is 3. The van der Waals surface area contributed by atoms with Crippen LogP contribution < -0.4 is 25.6 Å². The fourth-order valence-corrected chi connectivity index (χ4v) is 7.97. The highest BCUT2D eigenvalue weighted by Gasteiger charge is 2.51. The molecule has 1 spiro atoms. The second-order valence-electron chi connectivity index (χ2n) is 14.7. The molecule has 0 bridgehead atoms. The second-order valence-corrected chi connectivity index (χ2v) is 14.7. The number of benzene rings is 5. The maximum atomic E-state index is 13.3. The number of hydrogen-bond acceptors (Lipinski definition) is 8. The monoisotopic (exact) mass is 753 g/mol. The zero-order valence-corrected chi connectivity index (χ0v) is 31.3. The Hall–Kier alpha value is -5.72. The van der Waals surface area contributed by atoms with Crippen LogP contribution in [-0.2, 0) is 20.9 Å². The molecule has 4 N–H and O–H groups in total. The van der Waals surface area contributed by atoms with Gasteiger partial charge in [-0.3, -0.25) is 4.79 Å². The summed E-state index contributed by atoms with van der Waals surface area (Å²) in [5.74, 6) is 1.52. The Labute approximate surface area is 327 Å². The molecule has 4 atom stereocenters. The topological polar surface area (TPSA) is 125 Å². The van der Waals surface area contributed by atoms with Crippen molar-refractivity contribution in [3.63, 3.8) is 0 Å². The van der Waals surface area contributed by atoms with Gasteiger partial charge in [-0.1, -0.05) is 79.7 Å². The number of likely N-dealkylation sites (tertiary alicyclic amines) is 1. The second kappa shape index (κ2) is 16.6. The molecule has 11 heteroatoms. The molecule has 3 fully saturated rings. The van der Waals surface area contributed by atoms with Gasteiger partial charge in [0, 0.05) is 48.2 Å². The van der Waals surface area contributed by atoms with Crippen LogP contribution in [-0.4, -0.2) is 59.9 Å². The van der Waals surface area contributed by atoms with Gasteiger partial charge in [0.25, 0.3) is 0 Å². The van der Waals surface area contributed by atoms with Crippen molar-refractivity contribution in [3.8, 4) is 11.5 Å². The fraction of sp³-hybridized carbons (Fsp3) is 0.289. The van der Waals surface area contributed by atoms with Crippen LogP contribution in [0, 0.1) is 5.92 Å². The van der Waals surface area contributed by atoms with Crippen LogP contribution in [0.4, 0.5) is 21.9 Å². The predicted octanol–water partition coefficient (Wildman–Crippen LogP) is 7.84. The van der Waals surface area contributed by atoms with E-state index in [1.807, 2.05) is 97.1 Å². The summed E-state index contributed by atoms with van der Waals surface area (Å²) in [5, 5.41) is 18.5. The molecule has 3 heterocycles. The zero-order valence-electron chi connectivity index (χ0n) is 31.3. The van der Waals surface area contributed by atoms with Gasteiger partial charge >= 0.3 is 6.03 Å². The minimum atomic E-state index is -0.650. The molecule has 3 aliphatic heterocycles. The van der Waals surface area contributed by atoms with Gasteiger partial charge in [0.15, 0.2) is 6.29 Å². The number of piperidine rings is 1. The number of para-hydroxylation sites is 2. The summed E-state index contributed by atoms with van der Waals surface area (Å²) in [6.45, 7) is 4.86. The number of aliphatic hydroxyl groups is 1. The van der Waals surface area contributed by atoms with E-state index in [1.54, 1.807) is 24.3 Å². The number of rotatable bonds is 10. The van der Waals surface area contributed by atoms with E-state index in [-0.39, 0.29) is 36.7 Å². The van der Waals surface area contributed by atoms with Gasteiger partial charge in [-0.25, -0.2) is 4.79 Å². The van der Waals surface area contributed by atoms with E-state index in [9.17, 15) is 14.7 Å². The molecule has 288 valence electrons. The number of nitrogens with one attached hydrogen (secondary N) is 3. The Bertz CT molecular complexity index is 2070. The van der Waals surface area contributed by atoms with E-state index in [2.05, 4.69) is 44.8 Å². The minimum absolute atomic E-state index is 0.0151. The lowest BCUT2D eigenvalue weighted by Crippen LogP contribution is -2.57. The van der Waals surface area contributed by atoms with Gasteiger partial charge in [-0.15, -0.1) is 0 Å². The molecule has 0 aliphatic carbocycles. The molecule has 11 nitrogen and oxygen atoms in total. The van der Waals surface area contributed by atoms with Crippen molar-refractivity contribution in [2.24, 2.45) is 5.92 Å². The van der Waals surface area contributed by atoms with Crippen molar-refractivity contribution in [2.75, 3.05) is 41.8 Å². The van der Waals surface area contributed by atoms with E-state index >= 15 is 0 Å². The quantitative estimate of drug-likeness (QED) is 0.114. The molecule has 5 aromatic rings. The number of urea groups is 1. The molecule has 0 saturated carbocycles. The van der Waals surface area contributed by atoms with Crippen molar-refractivity contribution >= 4 is 29.0 Å². The molecular formula is C45H47N5O6. The van der Waals surface area contributed by atoms with Crippen LogP contribution in [0.1, 0.15) is 48.8 Å². The highest BCUT2D eigenvalue weighted by Crippen LogP contribution is 2.43. The molecule has 0 radical (unpaired) electrons. The molecule has 5 aromatic carbocycles. The van der Waals surface area contributed by atoms with Gasteiger partial charge in [0.2, 0.25) is 5.91 Å². The van der Waals surface area contributed by atoms with Crippen LogP contribution in [0.2, 0.25) is 0 Å². The maximum Gasteiger partial charge on any atom is 0.323 e. The van der Waals surface area contributed by atoms with Crippen molar-refractivity contribution in [3.05, 3.63) is 150 Å². The first-order valence-electron chi connectivity index (χ1n) is 19.2. The number of nitrogens with zero attached hydrogens (tertiary/aromatic N) is 2. The lowest BCUT2D eigenvalue weighted by molar-refractivity contribution is -0.276. The van der Waals surface area contributed by atoms with Gasteiger partial charge in [-0.2, -0.15) is 0 Å². The largest absolute Gasteiger partial charge is 0.457 e. The van der Waals surface area contributed by atoms with E-state index in [4.69, 9.17) is 14.2 Å². The molecule has 3 saturated heterocycles. The van der Waals surface area contributed by atoms with E-state index < -0.39 is 11.8 Å². The maximum absolute atomic E-state index is 13.3. The summed E-state index contributed by atoms with van der Waals surface area (Å²) >= 11 is 0. The number of carbonyl (C=O) groups is 2. The summed E-state index contributed by atoms with van der Waals surface area (Å²) in [6, 6.07) is 41.9. The van der Waals surface area contributed by atoms with Gasteiger partial charge in [0.05, 0.1) is 25.5 Å². The average molecular weight is 754 g/mol. The third-order valence-electron chi connectivity index (χ3n) is 11.2. The SMILES string of the molecule is CC1C(CN2CCC3(CC2)C(=O)NCN3c2ccccc2)OC(c2ccc(NC(=O)Nc3ccc(Oc4ccccc4)cc3)cc2)OC1c1ccc(CO)cc1. The van der Waals surface area contributed by atoms with Crippen molar-refractivity contribution < 1.29 is 28.9 Å². The third kappa shape index (κ3) is 8.12. The van der Waals surface area contributed by atoms with E-state index in [0.29, 0.717) is 30.3 Å². The number of hydrogen-bond donors (Lipinski definition) is 4. The smallest absolute Gasteiger partial charge is 0.323 e. The normalized spacial score (nSPS) is 22.0. The Morgan fingerprint density at radius 1 is 0.786 bits per heavy atom. The highest BCUT2D eigenvalue weighted by atomic mass is 16.7. The molecule has 4 unspecified atom stereocenters. The third-order valence-corrected chi connectivity index (χ3v) is 11.2. The van der Waals surface area contributed by atoms with Gasteiger partial charge in [-0.05, 0) is 84.6 Å². The van der Waals surface area contributed by atoms with Crippen LogP contribution >= 0.6 is 0 Å².